The molecule has 2 aromatic heterocycles. The third-order valence-corrected chi connectivity index (χ3v) is 8.42. The van der Waals surface area contributed by atoms with Crippen LogP contribution in [0.25, 0.3) is 21.7 Å². The van der Waals surface area contributed by atoms with Crippen molar-refractivity contribution in [1.29, 1.82) is 0 Å². The first-order valence-electron chi connectivity index (χ1n) is 8.59. The number of aromatic nitrogens is 4. The molecule has 0 amide bonds. The number of allylic oxidation sites excluding steroid dienone is 2. The third kappa shape index (κ3) is 3.62. The second-order valence-electron chi connectivity index (χ2n) is 6.66. The molecule has 0 saturated carbocycles. The van der Waals surface area contributed by atoms with Crippen LogP contribution in [0.15, 0.2) is 38.3 Å². The van der Waals surface area contributed by atoms with Crippen molar-refractivity contribution in [2.45, 2.75) is 26.7 Å². The number of benzene rings is 1. The van der Waals surface area contributed by atoms with Crippen molar-refractivity contribution in [3.63, 3.8) is 0 Å². The van der Waals surface area contributed by atoms with E-state index in [9.17, 15) is 0 Å². The molecule has 1 aliphatic heterocycles. The number of rotatable bonds is 4. The monoisotopic (exact) mass is 546 g/mol. The van der Waals surface area contributed by atoms with Crippen LogP contribution in [0.4, 0.5) is 0 Å². The van der Waals surface area contributed by atoms with Gasteiger partial charge in [0.15, 0.2) is 0 Å². The number of halogens is 3. The van der Waals surface area contributed by atoms with Gasteiger partial charge in [0, 0.05) is 0 Å². The summed E-state index contributed by atoms with van der Waals surface area (Å²) in [5.74, 6) is 1.25. The third-order valence-electron chi connectivity index (χ3n) is 4.33. The van der Waals surface area contributed by atoms with Crippen molar-refractivity contribution in [3.05, 3.63) is 60.9 Å². The van der Waals surface area contributed by atoms with E-state index in [1.54, 1.807) is 12.1 Å². The molecule has 4 rings (SSSR count). The molecule has 0 N–H and O–H groups in total. The molecular weight excluding hydrogens is 530 g/mol. The quantitative estimate of drug-likeness (QED) is 0.410. The molecule has 0 saturated heterocycles. The van der Waals surface area contributed by atoms with Gasteiger partial charge in [0.1, 0.15) is 0 Å². The van der Waals surface area contributed by atoms with E-state index in [4.69, 9.17) is 32.8 Å². The maximum atomic E-state index is 6.50. The van der Waals surface area contributed by atoms with E-state index in [0.717, 1.165) is 16.9 Å². The number of nitrogens with zero attached hydrogens (tertiary/aromatic N) is 4. The molecule has 1 aliphatic rings. The van der Waals surface area contributed by atoms with Crippen LogP contribution in [-0.2, 0) is 0 Å². The van der Waals surface area contributed by atoms with E-state index in [2.05, 4.69) is 38.2 Å². The average Bonchev–Trinajstić information content (AvgIpc) is 3.33. The number of hydrogen-bond donors (Lipinski definition) is 0. The molecule has 0 bridgehead atoms. The van der Waals surface area contributed by atoms with E-state index in [1.165, 1.54) is 7.85 Å². The first-order chi connectivity index (χ1) is 13.3. The predicted molar refractivity (Wildman–Crippen MR) is 119 cm³/mol. The standard InChI is InChI=1S/C19H17BrCl2N4OSe/c1-9(2)18-23-19(27-25-18)16-10(3)17(14-6-7-15(20)28-14)26(24-16)13-5-4-11(21)8-12(13)22/h4-9H,28H2,1-3H3. The van der Waals surface area contributed by atoms with Crippen LogP contribution in [0.5, 0.6) is 0 Å². The van der Waals surface area contributed by atoms with Crippen LogP contribution in [0.2, 0.25) is 10.0 Å². The van der Waals surface area contributed by atoms with Gasteiger partial charge >= 0.3 is 188 Å². The second-order valence-corrected chi connectivity index (χ2v) is 12.7. The number of hydrogen-bond acceptors (Lipinski definition) is 4. The summed E-state index contributed by atoms with van der Waals surface area (Å²) in [6.45, 7) is 6.07. The Hall–Kier alpha value is -1.37. The van der Waals surface area contributed by atoms with Crippen molar-refractivity contribution in [2.24, 2.45) is 0 Å². The summed E-state index contributed by atoms with van der Waals surface area (Å²) in [6, 6.07) is 5.39. The van der Waals surface area contributed by atoms with Gasteiger partial charge in [-0.3, -0.25) is 0 Å². The Bertz CT molecular complexity index is 1130. The van der Waals surface area contributed by atoms with Crippen molar-refractivity contribution in [1.82, 2.24) is 19.9 Å². The van der Waals surface area contributed by atoms with E-state index in [1.807, 2.05) is 31.5 Å². The normalized spacial score (nSPS) is 15.4. The summed E-state index contributed by atoms with van der Waals surface area (Å²) in [6.07, 6.45) is 4.23. The fraction of sp³-hybridized carbons (Fsp3) is 0.211. The second kappa shape index (κ2) is 7.81. The van der Waals surface area contributed by atoms with Crippen LogP contribution in [0, 0.1) is 6.92 Å². The van der Waals surface area contributed by atoms with E-state index in [0.29, 0.717) is 27.5 Å². The summed E-state index contributed by atoms with van der Waals surface area (Å²) < 4.78 is 9.85. The van der Waals surface area contributed by atoms with Gasteiger partial charge in [-0.1, -0.05) is 0 Å². The van der Waals surface area contributed by atoms with Gasteiger partial charge in [-0.15, -0.1) is 0 Å². The Kier molecular flexibility index (Phi) is 5.55. The first kappa shape index (κ1) is 19.9. The Labute approximate surface area is 187 Å². The van der Waals surface area contributed by atoms with Crippen molar-refractivity contribution in [3.8, 4) is 17.3 Å². The minimum absolute atomic E-state index is 0.175. The summed E-state index contributed by atoms with van der Waals surface area (Å²) >= 11 is 15.7. The van der Waals surface area contributed by atoms with Gasteiger partial charge in [-0.2, -0.15) is 0 Å². The average molecular weight is 547 g/mol. The Morgan fingerprint density at radius 3 is 2.61 bits per heavy atom. The summed E-state index contributed by atoms with van der Waals surface area (Å²) in [5.41, 5.74) is 3.41. The van der Waals surface area contributed by atoms with Gasteiger partial charge in [-0.05, 0) is 0 Å². The zero-order valence-corrected chi connectivity index (χ0v) is 20.5. The van der Waals surface area contributed by atoms with Crippen LogP contribution < -0.4 is 0 Å². The Morgan fingerprint density at radius 2 is 2.00 bits per heavy atom. The maximum absolute atomic E-state index is 6.50. The summed E-state index contributed by atoms with van der Waals surface area (Å²) in [7, 11) is 0. The van der Waals surface area contributed by atoms with E-state index in [-0.39, 0.29) is 5.92 Å². The van der Waals surface area contributed by atoms with Crippen LogP contribution in [0.3, 0.4) is 0 Å². The van der Waals surface area contributed by atoms with Gasteiger partial charge < -0.3 is 0 Å². The molecule has 3 aromatic rings. The van der Waals surface area contributed by atoms with Crippen LogP contribution >= 0.6 is 39.1 Å². The Balaban J connectivity index is 1.91. The van der Waals surface area contributed by atoms with Gasteiger partial charge in [0.05, 0.1) is 0 Å². The molecule has 0 spiro atoms. The van der Waals surface area contributed by atoms with Crippen LogP contribution in [-0.4, -0.2) is 34.9 Å². The van der Waals surface area contributed by atoms with E-state index < -0.39 is 15.0 Å². The zero-order chi connectivity index (χ0) is 20.0. The summed E-state index contributed by atoms with van der Waals surface area (Å²) in [4.78, 5) is 4.53. The van der Waals surface area contributed by atoms with Gasteiger partial charge in [-0.25, -0.2) is 0 Å². The fourth-order valence-electron chi connectivity index (χ4n) is 2.91. The molecule has 5 nitrogen and oxygen atoms in total. The molecule has 0 unspecified atom stereocenters. The van der Waals surface area contributed by atoms with Crippen LogP contribution in [0.1, 0.15) is 36.8 Å². The molecule has 146 valence electrons. The SMILES string of the molecule is Cc1c(-c2nc(C(C)C)no2)nn(-c2ccc(Cl)cc2Cl)c1C1=CC=C(Br)[SeH2]1. The molecule has 0 atom stereocenters. The molecule has 0 radical (unpaired) electrons. The molecule has 28 heavy (non-hydrogen) atoms. The van der Waals surface area contributed by atoms with Crippen molar-refractivity contribution in [2.75, 3.05) is 0 Å². The topological polar surface area (TPSA) is 56.7 Å². The fourth-order valence-corrected chi connectivity index (χ4v) is 6.75. The molecule has 9 heteroatoms. The Morgan fingerprint density at radius 1 is 1.21 bits per heavy atom. The van der Waals surface area contributed by atoms with Crippen molar-refractivity contribution >= 4 is 58.6 Å². The zero-order valence-electron chi connectivity index (χ0n) is 15.3. The summed E-state index contributed by atoms with van der Waals surface area (Å²) in [5, 5.41) is 10.0. The molecular formula is C19H17BrCl2N4OSe. The van der Waals surface area contributed by atoms with Gasteiger partial charge in [0.2, 0.25) is 0 Å². The molecule has 3 heterocycles. The molecule has 0 fully saturated rings. The van der Waals surface area contributed by atoms with Gasteiger partial charge in [0.25, 0.3) is 0 Å². The molecule has 0 aliphatic carbocycles. The molecule has 1 aromatic carbocycles. The first-order valence-corrected chi connectivity index (χ1v) is 12.2. The minimum atomic E-state index is -0.477. The predicted octanol–water partition coefficient (Wildman–Crippen LogP) is 5.42. The van der Waals surface area contributed by atoms with E-state index >= 15 is 0 Å². The van der Waals surface area contributed by atoms with Crippen molar-refractivity contribution < 1.29 is 4.52 Å².